The van der Waals surface area contributed by atoms with Crippen molar-refractivity contribution in [2.24, 2.45) is 0 Å². The van der Waals surface area contributed by atoms with Crippen LogP contribution in [0.1, 0.15) is 219 Å². The second-order valence-electron chi connectivity index (χ2n) is 13.0. The van der Waals surface area contributed by atoms with Crippen molar-refractivity contribution in [2.75, 3.05) is 13.2 Å². The van der Waals surface area contributed by atoms with E-state index in [9.17, 15) is 4.79 Å². The molecular weight excluding hydrogens is 516 g/mol. The highest BCUT2D eigenvalue weighted by Crippen LogP contribution is 2.15. The van der Waals surface area contributed by atoms with Gasteiger partial charge in [0.05, 0.1) is 6.61 Å². The van der Waals surface area contributed by atoms with Crippen molar-refractivity contribution in [1.29, 1.82) is 0 Å². The first-order chi connectivity index (χ1) is 20.8. The number of esters is 1. The van der Waals surface area contributed by atoms with Gasteiger partial charge < -0.3 is 9.84 Å². The number of hydrogen-bond acceptors (Lipinski definition) is 3. The van der Waals surface area contributed by atoms with Crippen LogP contribution in [0, 0.1) is 0 Å². The Kier molecular flexibility index (Phi) is 37.4. The molecule has 0 aliphatic carbocycles. The van der Waals surface area contributed by atoms with Gasteiger partial charge in [-0.15, -0.1) is 0 Å². The van der Waals surface area contributed by atoms with E-state index in [-0.39, 0.29) is 5.97 Å². The lowest BCUT2D eigenvalue weighted by Crippen LogP contribution is -2.05. The maximum Gasteiger partial charge on any atom is 0.305 e. The average Bonchev–Trinajstić information content (AvgIpc) is 3.00. The summed E-state index contributed by atoms with van der Waals surface area (Å²) in [5.41, 5.74) is 0. The first kappa shape index (κ1) is 41.2. The van der Waals surface area contributed by atoms with Crippen molar-refractivity contribution in [3.05, 3.63) is 12.2 Å². The summed E-state index contributed by atoms with van der Waals surface area (Å²) in [6, 6.07) is 0. The number of hydrogen-bond donors (Lipinski definition) is 1. The highest BCUT2D eigenvalue weighted by molar-refractivity contribution is 5.69. The molecule has 0 saturated carbocycles. The summed E-state index contributed by atoms with van der Waals surface area (Å²) in [6.07, 6.45) is 47.2. The van der Waals surface area contributed by atoms with Crippen LogP contribution in [0.5, 0.6) is 0 Å². The standard InChI is InChI=1S/C39H76O3/c1-2-3-4-5-6-7-8-9-10-11-12-13-14-15-16-18-21-24-27-30-33-36-39(41)42-38-35-32-29-26-23-20-17-19-22-25-28-31-34-37-40/h9-10,40H,2-8,11-38H2,1H3. The Morgan fingerprint density at radius 1 is 0.452 bits per heavy atom. The summed E-state index contributed by atoms with van der Waals surface area (Å²) in [6.45, 7) is 3.25. The third-order valence-corrected chi connectivity index (χ3v) is 8.71. The van der Waals surface area contributed by atoms with E-state index in [0.29, 0.717) is 19.6 Å². The zero-order valence-electron chi connectivity index (χ0n) is 28.7. The van der Waals surface area contributed by atoms with Crippen molar-refractivity contribution < 1.29 is 14.6 Å². The Morgan fingerprint density at radius 2 is 0.786 bits per heavy atom. The van der Waals surface area contributed by atoms with Crippen molar-refractivity contribution in [1.82, 2.24) is 0 Å². The van der Waals surface area contributed by atoms with Gasteiger partial charge in [-0.05, 0) is 44.9 Å². The Labute approximate surface area is 264 Å². The Morgan fingerprint density at radius 3 is 1.19 bits per heavy atom. The topological polar surface area (TPSA) is 46.5 Å². The number of rotatable bonds is 36. The maximum absolute atomic E-state index is 11.9. The van der Waals surface area contributed by atoms with E-state index in [4.69, 9.17) is 9.84 Å². The quantitative estimate of drug-likeness (QED) is 0.0447. The van der Waals surface area contributed by atoms with Crippen LogP contribution in [-0.2, 0) is 9.53 Å². The molecule has 0 radical (unpaired) electrons. The minimum absolute atomic E-state index is 0.0136. The minimum atomic E-state index is 0.0136. The van der Waals surface area contributed by atoms with Crippen molar-refractivity contribution in [3.8, 4) is 0 Å². The molecule has 42 heavy (non-hydrogen) atoms. The number of carbonyl (C=O) groups excluding carboxylic acids is 1. The summed E-state index contributed by atoms with van der Waals surface area (Å²) in [4.78, 5) is 11.9. The predicted molar refractivity (Wildman–Crippen MR) is 185 cm³/mol. The average molecular weight is 593 g/mol. The first-order valence-electron chi connectivity index (χ1n) is 19.2. The molecule has 0 rings (SSSR count). The molecule has 0 aliphatic rings. The normalized spacial score (nSPS) is 11.6. The van der Waals surface area contributed by atoms with Crippen LogP contribution in [0.15, 0.2) is 12.2 Å². The molecule has 0 spiro atoms. The zero-order chi connectivity index (χ0) is 30.4. The van der Waals surface area contributed by atoms with Crippen LogP contribution in [0.4, 0.5) is 0 Å². The number of aliphatic hydroxyl groups is 1. The largest absolute Gasteiger partial charge is 0.466 e. The monoisotopic (exact) mass is 593 g/mol. The molecular formula is C39H76O3. The lowest BCUT2D eigenvalue weighted by Gasteiger charge is -2.06. The van der Waals surface area contributed by atoms with Gasteiger partial charge in [0.2, 0.25) is 0 Å². The van der Waals surface area contributed by atoms with Gasteiger partial charge in [0.15, 0.2) is 0 Å². The molecule has 0 heterocycles. The molecule has 1 N–H and O–H groups in total. The van der Waals surface area contributed by atoms with Gasteiger partial charge in [-0.25, -0.2) is 0 Å². The Balaban J connectivity index is 3.17. The summed E-state index contributed by atoms with van der Waals surface area (Å²) in [5, 5.41) is 8.78. The SMILES string of the molecule is CCCCCCCCC=CCCCCCCCCCCCCCC(=O)OCCCCCCCCCCCCCCCO. The second-order valence-corrected chi connectivity index (χ2v) is 13.0. The van der Waals surface area contributed by atoms with Crippen molar-refractivity contribution in [3.63, 3.8) is 0 Å². The van der Waals surface area contributed by atoms with Crippen LogP contribution in [0.25, 0.3) is 0 Å². The van der Waals surface area contributed by atoms with Gasteiger partial charge in [0.1, 0.15) is 0 Å². The molecule has 0 atom stereocenters. The van der Waals surface area contributed by atoms with Gasteiger partial charge in [0.25, 0.3) is 0 Å². The van der Waals surface area contributed by atoms with E-state index in [1.807, 2.05) is 0 Å². The summed E-state index contributed by atoms with van der Waals surface area (Å²) in [5.74, 6) is 0.0136. The van der Waals surface area contributed by atoms with E-state index in [1.165, 1.54) is 186 Å². The van der Waals surface area contributed by atoms with Gasteiger partial charge in [-0.1, -0.05) is 180 Å². The van der Waals surface area contributed by atoms with E-state index in [2.05, 4.69) is 19.1 Å². The predicted octanol–water partition coefficient (Wildman–Crippen LogP) is 13.0. The van der Waals surface area contributed by atoms with E-state index < -0.39 is 0 Å². The van der Waals surface area contributed by atoms with Crippen molar-refractivity contribution in [2.45, 2.75) is 219 Å². The fourth-order valence-corrected chi connectivity index (χ4v) is 5.82. The Hall–Kier alpha value is -0.830. The summed E-state index contributed by atoms with van der Waals surface area (Å²) >= 11 is 0. The van der Waals surface area contributed by atoms with Crippen LogP contribution in [0.2, 0.25) is 0 Å². The molecule has 250 valence electrons. The Bertz CT molecular complexity index is 530. The molecule has 3 heteroatoms. The minimum Gasteiger partial charge on any atom is -0.466 e. The zero-order valence-corrected chi connectivity index (χ0v) is 28.7. The number of carbonyl (C=O) groups is 1. The molecule has 0 aromatic heterocycles. The van der Waals surface area contributed by atoms with Crippen LogP contribution in [0.3, 0.4) is 0 Å². The first-order valence-corrected chi connectivity index (χ1v) is 19.2. The lowest BCUT2D eigenvalue weighted by atomic mass is 10.0. The fourth-order valence-electron chi connectivity index (χ4n) is 5.82. The third-order valence-electron chi connectivity index (χ3n) is 8.71. The smallest absolute Gasteiger partial charge is 0.305 e. The van der Waals surface area contributed by atoms with E-state index in [1.54, 1.807) is 0 Å². The summed E-state index contributed by atoms with van der Waals surface area (Å²) in [7, 11) is 0. The van der Waals surface area contributed by atoms with E-state index >= 15 is 0 Å². The van der Waals surface area contributed by atoms with Gasteiger partial charge in [-0.2, -0.15) is 0 Å². The molecule has 0 bridgehead atoms. The highest BCUT2D eigenvalue weighted by atomic mass is 16.5. The number of ether oxygens (including phenoxy) is 1. The van der Waals surface area contributed by atoms with Gasteiger partial charge in [-0.3, -0.25) is 4.79 Å². The van der Waals surface area contributed by atoms with Gasteiger partial charge in [0, 0.05) is 13.0 Å². The fraction of sp³-hybridized carbons (Fsp3) is 0.923. The second kappa shape index (κ2) is 38.2. The van der Waals surface area contributed by atoms with Crippen LogP contribution >= 0.6 is 0 Å². The van der Waals surface area contributed by atoms with Crippen molar-refractivity contribution >= 4 is 5.97 Å². The third kappa shape index (κ3) is 37.2. The van der Waals surface area contributed by atoms with Crippen LogP contribution < -0.4 is 0 Å². The molecule has 0 amide bonds. The molecule has 0 saturated heterocycles. The number of aliphatic hydroxyl groups excluding tert-OH is 1. The molecule has 3 nitrogen and oxygen atoms in total. The summed E-state index contributed by atoms with van der Waals surface area (Å²) < 4.78 is 5.44. The van der Waals surface area contributed by atoms with Crippen LogP contribution in [-0.4, -0.2) is 24.3 Å². The molecule has 0 aliphatic heterocycles. The molecule has 0 unspecified atom stereocenters. The number of allylic oxidation sites excluding steroid dienone is 2. The lowest BCUT2D eigenvalue weighted by molar-refractivity contribution is -0.143. The van der Waals surface area contributed by atoms with Gasteiger partial charge >= 0.3 is 5.97 Å². The molecule has 0 aromatic rings. The molecule has 0 fully saturated rings. The molecule has 0 aromatic carbocycles. The number of unbranched alkanes of at least 4 members (excludes halogenated alkanes) is 29. The van der Waals surface area contributed by atoms with E-state index in [0.717, 1.165) is 19.3 Å². The maximum atomic E-state index is 11.9. The highest BCUT2D eigenvalue weighted by Gasteiger charge is 2.03.